The Labute approximate surface area is 148 Å². The van der Waals surface area contributed by atoms with Crippen molar-refractivity contribution in [3.05, 3.63) is 65.7 Å². The maximum atomic E-state index is 12.5. The summed E-state index contributed by atoms with van der Waals surface area (Å²) in [5.74, 6) is 0.0908. The van der Waals surface area contributed by atoms with Crippen molar-refractivity contribution in [1.82, 2.24) is 9.80 Å². The Morgan fingerprint density at radius 3 is 2.17 bits per heavy atom. The zero-order valence-corrected chi connectivity index (χ0v) is 14.6. The van der Waals surface area contributed by atoms with Crippen LogP contribution in [0.2, 0.25) is 0 Å². The fourth-order valence-corrected chi connectivity index (χ4v) is 3.08. The minimum Gasteiger partial charge on any atom is -0.345 e. The van der Waals surface area contributed by atoms with Gasteiger partial charge in [-0.15, -0.1) is 0 Å². The van der Waals surface area contributed by atoms with Gasteiger partial charge in [0.25, 0.3) is 5.91 Å². The van der Waals surface area contributed by atoms with Crippen molar-refractivity contribution in [3.8, 4) is 0 Å². The molecule has 1 fully saturated rings. The maximum absolute atomic E-state index is 12.5. The Balaban J connectivity index is 1.56. The van der Waals surface area contributed by atoms with Crippen molar-refractivity contribution >= 4 is 28.9 Å². The van der Waals surface area contributed by atoms with Crippen molar-refractivity contribution in [1.29, 1.82) is 0 Å². The van der Waals surface area contributed by atoms with Gasteiger partial charge < -0.3 is 15.1 Å². The number of rotatable bonds is 2. The molecule has 0 aliphatic carbocycles. The fourth-order valence-electron chi connectivity index (χ4n) is 2.78. The van der Waals surface area contributed by atoms with Gasteiger partial charge in [-0.3, -0.25) is 4.79 Å². The lowest BCUT2D eigenvalue weighted by atomic mass is 10.2. The average molecular weight is 339 g/mol. The molecule has 0 atom stereocenters. The highest BCUT2D eigenvalue weighted by Crippen LogP contribution is 2.15. The first-order valence-electron chi connectivity index (χ1n) is 8.11. The van der Waals surface area contributed by atoms with Crippen LogP contribution in [-0.2, 0) is 0 Å². The van der Waals surface area contributed by atoms with Crippen LogP contribution < -0.4 is 5.32 Å². The molecule has 3 rings (SSSR count). The van der Waals surface area contributed by atoms with Crippen LogP contribution in [0.3, 0.4) is 0 Å². The van der Waals surface area contributed by atoms with Crippen LogP contribution in [0.1, 0.15) is 15.9 Å². The summed E-state index contributed by atoms with van der Waals surface area (Å²) < 4.78 is 0. The standard InChI is InChI=1S/C19H21N3OS/c1-15-7-5-6-10-17(15)20-19(24)22-13-11-21(12-14-22)18(23)16-8-3-2-4-9-16/h2-10H,11-14H2,1H3,(H,20,24). The monoisotopic (exact) mass is 339 g/mol. The molecule has 2 aromatic carbocycles. The van der Waals surface area contributed by atoms with Gasteiger partial charge in [-0.2, -0.15) is 0 Å². The Morgan fingerprint density at radius 2 is 1.50 bits per heavy atom. The normalized spacial score (nSPS) is 14.4. The van der Waals surface area contributed by atoms with Crippen LogP contribution in [0.4, 0.5) is 5.69 Å². The number of amides is 1. The second-order valence-corrected chi connectivity index (χ2v) is 6.28. The van der Waals surface area contributed by atoms with Crippen molar-refractivity contribution in [3.63, 3.8) is 0 Å². The lowest BCUT2D eigenvalue weighted by Gasteiger charge is -2.36. The third-order valence-electron chi connectivity index (χ3n) is 4.26. The highest BCUT2D eigenvalue weighted by molar-refractivity contribution is 7.80. The predicted molar refractivity (Wildman–Crippen MR) is 101 cm³/mol. The number of anilines is 1. The number of aryl methyl sites for hydroxylation is 1. The van der Waals surface area contributed by atoms with E-state index in [0.29, 0.717) is 13.1 Å². The average Bonchev–Trinajstić information content (AvgIpc) is 2.64. The van der Waals surface area contributed by atoms with E-state index in [4.69, 9.17) is 12.2 Å². The van der Waals surface area contributed by atoms with Crippen molar-refractivity contribution in [2.75, 3.05) is 31.5 Å². The van der Waals surface area contributed by atoms with Gasteiger partial charge in [-0.1, -0.05) is 36.4 Å². The number of nitrogens with one attached hydrogen (secondary N) is 1. The molecule has 1 heterocycles. The minimum absolute atomic E-state index is 0.0908. The SMILES string of the molecule is Cc1ccccc1NC(=S)N1CCN(C(=O)c2ccccc2)CC1. The number of para-hydroxylation sites is 1. The lowest BCUT2D eigenvalue weighted by molar-refractivity contribution is 0.0693. The molecule has 0 saturated carbocycles. The molecular formula is C19H21N3OS. The minimum atomic E-state index is 0.0908. The largest absolute Gasteiger partial charge is 0.345 e. The van der Waals surface area contributed by atoms with E-state index in [2.05, 4.69) is 23.2 Å². The molecule has 0 unspecified atom stereocenters. The molecule has 2 aromatic rings. The molecule has 0 spiro atoms. The van der Waals surface area contributed by atoms with Gasteiger partial charge >= 0.3 is 0 Å². The molecule has 24 heavy (non-hydrogen) atoms. The molecule has 5 heteroatoms. The highest BCUT2D eigenvalue weighted by Gasteiger charge is 2.23. The molecule has 1 amide bonds. The van der Waals surface area contributed by atoms with Crippen molar-refractivity contribution < 1.29 is 4.79 Å². The summed E-state index contributed by atoms with van der Waals surface area (Å²) >= 11 is 5.52. The summed E-state index contributed by atoms with van der Waals surface area (Å²) in [5.41, 5.74) is 2.94. The topological polar surface area (TPSA) is 35.6 Å². The first kappa shape index (κ1) is 16.5. The molecule has 1 N–H and O–H groups in total. The maximum Gasteiger partial charge on any atom is 0.253 e. The van der Waals surface area contributed by atoms with E-state index in [9.17, 15) is 4.79 Å². The van der Waals surface area contributed by atoms with E-state index in [0.717, 1.165) is 35.0 Å². The first-order valence-corrected chi connectivity index (χ1v) is 8.52. The Bertz CT molecular complexity index is 724. The van der Waals surface area contributed by atoms with Gasteiger partial charge in [0, 0.05) is 37.4 Å². The van der Waals surface area contributed by atoms with E-state index in [1.807, 2.05) is 53.4 Å². The third kappa shape index (κ3) is 3.74. The van der Waals surface area contributed by atoms with E-state index in [1.54, 1.807) is 0 Å². The van der Waals surface area contributed by atoms with E-state index < -0.39 is 0 Å². The summed E-state index contributed by atoms with van der Waals surface area (Å²) in [4.78, 5) is 16.5. The molecule has 124 valence electrons. The summed E-state index contributed by atoms with van der Waals surface area (Å²) in [6.07, 6.45) is 0. The quantitative estimate of drug-likeness (QED) is 0.853. The van der Waals surface area contributed by atoms with Crippen LogP contribution in [0.25, 0.3) is 0 Å². The van der Waals surface area contributed by atoms with E-state index in [-0.39, 0.29) is 5.91 Å². The number of nitrogens with zero attached hydrogens (tertiary/aromatic N) is 2. The van der Waals surface area contributed by atoms with Crippen LogP contribution in [-0.4, -0.2) is 47.0 Å². The second kappa shape index (κ2) is 7.45. The molecule has 1 aliphatic rings. The van der Waals surface area contributed by atoms with Crippen molar-refractivity contribution in [2.24, 2.45) is 0 Å². The van der Waals surface area contributed by atoms with Gasteiger partial charge in [-0.25, -0.2) is 0 Å². The molecule has 0 bridgehead atoms. The van der Waals surface area contributed by atoms with Crippen LogP contribution in [0.15, 0.2) is 54.6 Å². The molecule has 1 saturated heterocycles. The van der Waals surface area contributed by atoms with Gasteiger partial charge in [0.2, 0.25) is 0 Å². The van der Waals surface area contributed by atoms with Crippen LogP contribution in [0, 0.1) is 6.92 Å². The number of hydrogen-bond acceptors (Lipinski definition) is 2. The van der Waals surface area contributed by atoms with Gasteiger partial charge in [-0.05, 0) is 42.9 Å². The number of piperazine rings is 1. The molecular weight excluding hydrogens is 318 g/mol. The Morgan fingerprint density at radius 1 is 0.917 bits per heavy atom. The van der Waals surface area contributed by atoms with Gasteiger partial charge in [0.1, 0.15) is 0 Å². The number of hydrogen-bond donors (Lipinski definition) is 1. The van der Waals surface area contributed by atoms with Crippen molar-refractivity contribution in [2.45, 2.75) is 6.92 Å². The smallest absolute Gasteiger partial charge is 0.253 e. The number of carbonyl (C=O) groups is 1. The first-order chi connectivity index (χ1) is 11.6. The highest BCUT2D eigenvalue weighted by atomic mass is 32.1. The zero-order valence-electron chi connectivity index (χ0n) is 13.7. The molecule has 1 aliphatic heterocycles. The second-order valence-electron chi connectivity index (χ2n) is 5.89. The molecule has 4 nitrogen and oxygen atoms in total. The van der Waals surface area contributed by atoms with E-state index in [1.165, 1.54) is 0 Å². The summed E-state index contributed by atoms with van der Waals surface area (Å²) in [7, 11) is 0. The number of benzene rings is 2. The predicted octanol–water partition coefficient (Wildman–Crippen LogP) is 3.15. The molecule has 0 aromatic heterocycles. The number of carbonyl (C=O) groups excluding carboxylic acids is 1. The van der Waals surface area contributed by atoms with E-state index >= 15 is 0 Å². The van der Waals surface area contributed by atoms with Gasteiger partial charge in [0.05, 0.1) is 0 Å². The Kier molecular flexibility index (Phi) is 5.11. The summed E-state index contributed by atoms with van der Waals surface area (Å²) in [6, 6.07) is 17.5. The van der Waals surface area contributed by atoms with Gasteiger partial charge in [0.15, 0.2) is 5.11 Å². The fraction of sp³-hybridized carbons (Fsp3) is 0.263. The van der Waals surface area contributed by atoms with Crippen LogP contribution >= 0.6 is 12.2 Å². The third-order valence-corrected chi connectivity index (χ3v) is 4.62. The lowest BCUT2D eigenvalue weighted by Crippen LogP contribution is -2.51. The zero-order chi connectivity index (χ0) is 16.9. The number of thiocarbonyl (C=S) groups is 1. The summed E-state index contributed by atoms with van der Waals surface area (Å²) in [6.45, 7) is 4.92. The summed E-state index contributed by atoms with van der Waals surface area (Å²) in [5, 5.41) is 4.03. The van der Waals surface area contributed by atoms with Crippen LogP contribution in [0.5, 0.6) is 0 Å². The Hall–Kier alpha value is -2.40. The molecule has 0 radical (unpaired) electrons.